The number of carbonyl (C=O) groups excluding carboxylic acids is 3. The highest BCUT2D eigenvalue weighted by molar-refractivity contribution is 5.71. The molecule has 0 amide bonds. The van der Waals surface area contributed by atoms with Gasteiger partial charge < -0.3 is 14.2 Å². The Bertz CT molecular complexity index is 1440. The number of rotatable bonds is 51. The lowest BCUT2D eigenvalue weighted by Gasteiger charge is -2.18. The summed E-state index contributed by atoms with van der Waals surface area (Å²) in [6.45, 7) is 6.37. The van der Waals surface area contributed by atoms with Crippen LogP contribution in [0, 0.1) is 0 Å². The van der Waals surface area contributed by atoms with E-state index in [9.17, 15) is 14.4 Å². The zero-order valence-electron chi connectivity index (χ0n) is 45.5. The third-order valence-electron chi connectivity index (χ3n) is 12.0. The van der Waals surface area contributed by atoms with Gasteiger partial charge in [-0.2, -0.15) is 0 Å². The summed E-state index contributed by atoms with van der Waals surface area (Å²) in [5, 5.41) is 0. The molecular formula is C64H106O6. The van der Waals surface area contributed by atoms with E-state index >= 15 is 0 Å². The summed E-state index contributed by atoms with van der Waals surface area (Å²) in [5.41, 5.74) is 0. The summed E-state index contributed by atoms with van der Waals surface area (Å²) in [5.74, 6) is -0.967. The third kappa shape index (κ3) is 55.0. The van der Waals surface area contributed by atoms with Gasteiger partial charge >= 0.3 is 17.9 Å². The van der Waals surface area contributed by atoms with Gasteiger partial charge in [-0.15, -0.1) is 0 Å². The van der Waals surface area contributed by atoms with E-state index in [-0.39, 0.29) is 37.5 Å². The van der Waals surface area contributed by atoms with Gasteiger partial charge in [0, 0.05) is 19.3 Å². The second kappa shape index (κ2) is 57.6. The Morgan fingerprint density at radius 2 is 0.571 bits per heavy atom. The van der Waals surface area contributed by atoms with Crippen LogP contribution < -0.4 is 0 Å². The van der Waals surface area contributed by atoms with Gasteiger partial charge in [-0.05, 0) is 96.3 Å². The van der Waals surface area contributed by atoms with E-state index in [1.54, 1.807) is 0 Å². The maximum absolute atomic E-state index is 12.8. The van der Waals surface area contributed by atoms with Crippen molar-refractivity contribution in [2.75, 3.05) is 13.2 Å². The second-order valence-corrected chi connectivity index (χ2v) is 18.8. The van der Waals surface area contributed by atoms with Crippen molar-refractivity contribution in [2.45, 2.75) is 264 Å². The smallest absolute Gasteiger partial charge is 0.306 e. The maximum Gasteiger partial charge on any atom is 0.306 e. The largest absolute Gasteiger partial charge is 0.462 e. The van der Waals surface area contributed by atoms with Gasteiger partial charge in [0.1, 0.15) is 13.2 Å². The van der Waals surface area contributed by atoms with Crippen LogP contribution in [-0.2, 0) is 28.6 Å². The van der Waals surface area contributed by atoms with E-state index in [0.29, 0.717) is 19.3 Å². The first kappa shape index (κ1) is 66.1. The maximum atomic E-state index is 12.8. The van der Waals surface area contributed by atoms with Crippen LogP contribution in [-0.4, -0.2) is 37.2 Å². The number of hydrogen-bond acceptors (Lipinski definition) is 6. The Morgan fingerprint density at radius 3 is 0.914 bits per heavy atom. The van der Waals surface area contributed by atoms with E-state index in [1.807, 2.05) is 0 Å². The highest BCUT2D eigenvalue weighted by atomic mass is 16.6. The van der Waals surface area contributed by atoms with Crippen LogP contribution in [0.1, 0.15) is 258 Å². The van der Waals surface area contributed by atoms with E-state index in [4.69, 9.17) is 14.2 Å². The number of unbranched alkanes of at least 4 members (excludes halogenated alkanes) is 22. The third-order valence-corrected chi connectivity index (χ3v) is 12.0. The topological polar surface area (TPSA) is 78.9 Å². The molecule has 0 saturated heterocycles. The minimum Gasteiger partial charge on any atom is -0.462 e. The SMILES string of the molecule is CC/C=C\C/C=C\C/C=C\C/C=C\C/C=C\CCCC(=O)OC(COC(=O)CCCCCCCCCC/C=C\C/C=C\C/C=C\C/C=C\CC)COC(=O)CCCCCCCCCCCCCCCC. The molecule has 0 heterocycles. The number of ether oxygens (including phenoxy) is 3. The average molecular weight is 972 g/mol. The molecule has 0 radical (unpaired) electrons. The summed E-state index contributed by atoms with van der Waals surface area (Å²) in [6, 6.07) is 0. The Hall–Kier alpha value is -3.93. The van der Waals surface area contributed by atoms with Crippen molar-refractivity contribution in [3.8, 4) is 0 Å². The van der Waals surface area contributed by atoms with Crippen LogP contribution in [0.5, 0.6) is 0 Å². The van der Waals surface area contributed by atoms with Crippen LogP contribution in [0.25, 0.3) is 0 Å². The van der Waals surface area contributed by atoms with Crippen molar-refractivity contribution in [1.82, 2.24) is 0 Å². The van der Waals surface area contributed by atoms with E-state index in [0.717, 1.165) is 109 Å². The quantitative estimate of drug-likeness (QED) is 0.0262. The molecule has 6 heteroatoms. The zero-order valence-corrected chi connectivity index (χ0v) is 45.5. The Morgan fingerprint density at radius 1 is 0.300 bits per heavy atom. The van der Waals surface area contributed by atoms with Crippen molar-refractivity contribution in [3.05, 3.63) is 109 Å². The Balaban J connectivity index is 4.46. The Labute approximate surface area is 431 Å². The van der Waals surface area contributed by atoms with Crippen molar-refractivity contribution in [1.29, 1.82) is 0 Å². The van der Waals surface area contributed by atoms with Crippen LogP contribution in [0.2, 0.25) is 0 Å². The van der Waals surface area contributed by atoms with Crippen molar-refractivity contribution in [2.24, 2.45) is 0 Å². The van der Waals surface area contributed by atoms with Crippen molar-refractivity contribution < 1.29 is 28.6 Å². The van der Waals surface area contributed by atoms with Gasteiger partial charge in [-0.3, -0.25) is 14.4 Å². The molecule has 6 nitrogen and oxygen atoms in total. The Kier molecular flexibility index (Phi) is 54.4. The minimum absolute atomic E-state index is 0.103. The number of esters is 3. The highest BCUT2D eigenvalue weighted by Gasteiger charge is 2.19. The normalized spacial score (nSPS) is 12.9. The fourth-order valence-electron chi connectivity index (χ4n) is 7.76. The summed E-state index contributed by atoms with van der Waals surface area (Å²) in [6.07, 6.45) is 78.0. The molecule has 0 aromatic carbocycles. The van der Waals surface area contributed by atoms with Gasteiger partial charge in [0.15, 0.2) is 6.10 Å². The molecule has 0 fully saturated rings. The molecule has 0 aromatic rings. The molecule has 0 bridgehead atoms. The lowest BCUT2D eigenvalue weighted by atomic mass is 10.0. The van der Waals surface area contributed by atoms with Gasteiger partial charge in [-0.25, -0.2) is 0 Å². The average Bonchev–Trinajstić information content (AvgIpc) is 3.36. The minimum atomic E-state index is -0.812. The molecule has 0 saturated carbocycles. The molecule has 1 atom stereocenters. The number of hydrogen-bond donors (Lipinski definition) is 0. The molecule has 0 rings (SSSR count). The van der Waals surface area contributed by atoms with Gasteiger partial charge in [0.2, 0.25) is 0 Å². The molecule has 0 aromatic heterocycles. The van der Waals surface area contributed by atoms with Gasteiger partial charge in [0.25, 0.3) is 0 Å². The first-order valence-corrected chi connectivity index (χ1v) is 28.9. The van der Waals surface area contributed by atoms with Crippen LogP contribution in [0.15, 0.2) is 109 Å². The first-order chi connectivity index (χ1) is 34.5. The molecule has 0 aliphatic carbocycles. The number of carbonyl (C=O) groups is 3. The fourth-order valence-corrected chi connectivity index (χ4v) is 7.76. The summed E-state index contributed by atoms with van der Waals surface area (Å²) >= 11 is 0. The van der Waals surface area contributed by atoms with E-state index in [1.165, 1.54) is 103 Å². The van der Waals surface area contributed by atoms with Crippen LogP contribution in [0.3, 0.4) is 0 Å². The summed E-state index contributed by atoms with van der Waals surface area (Å²) < 4.78 is 16.8. The molecule has 1 unspecified atom stereocenters. The van der Waals surface area contributed by atoms with E-state index in [2.05, 4.69) is 130 Å². The summed E-state index contributed by atoms with van der Waals surface area (Å²) in [7, 11) is 0. The molecule has 398 valence electrons. The lowest BCUT2D eigenvalue weighted by Crippen LogP contribution is -2.30. The highest BCUT2D eigenvalue weighted by Crippen LogP contribution is 2.15. The van der Waals surface area contributed by atoms with Crippen molar-refractivity contribution in [3.63, 3.8) is 0 Å². The predicted octanol–water partition coefficient (Wildman–Crippen LogP) is 19.5. The lowest BCUT2D eigenvalue weighted by molar-refractivity contribution is -0.167. The van der Waals surface area contributed by atoms with Crippen molar-refractivity contribution >= 4 is 17.9 Å². The summed E-state index contributed by atoms with van der Waals surface area (Å²) in [4.78, 5) is 38.2. The molecule has 0 aliphatic heterocycles. The molecular weight excluding hydrogens is 865 g/mol. The van der Waals surface area contributed by atoms with Gasteiger partial charge in [-0.1, -0.05) is 252 Å². The zero-order chi connectivity index (χ0) is 50.7. The molecule has 70 heavy (non-hydrogen) atoms. The van der Waals surface area contributed by atoms with E-state index < -0.39 is 6.10 Å². The van der Waals surface area contributed by atoms with Crippen LogP contribution >= 0.6 is 0 Å². The standard InChI is InChI=1S/C64H106O6/c1-4-7-10-13-16-19-22-25-28-30-31-32-33-35-36-39-42-45-48-51-54-57-63(66)69-60-61(59-68-62(65)56-53-50-47-44-41-38-27-24-21-18-15-12-9-6-3)70-64(67)58-55-52-49-46-43-40-37-34-29-26-23-20-17-14-11-8-5-2/h7-8,10-11,16-17,19-20,25-26,28-29,31-32,37,40,46,49,61H,4-6,9,12-15,18,21-24,27,30,33-36,38-39,41-45,47-48,50-60H2,1-3H3/b10-7-,11-8-,19-16-,20-17-,28-25-,29-26-,32-31-,40-37-,49-46-. The van der Waals surface area contributed by atoms with Gasteiger partial charge in [0.05, 0.1) is 0 Å². The fraction of sp³-hybridized carbons (Fsp3) is 0.672. The first-order valence-electron chi connectivity index (χ1n) is 28.9. The number of allylic oxidation sites excluding steroid dienone is 18. The molecule has 0 aliphatic rings. The molecule has 0 N–H and O–H groups in total. The molecule has 0 spiro atoms. The monoisotopic (exact) mass is 971 g/mol. The second-order valence-electron chi connectivity index (χ2n) is 18.8. The van der Waals surface area contributed by atoms with Crippen LogP contribution in [0.4, 0.5) is 0 Å². The predicted molar refractivity (Wildman–Crippen MR) is 302 cm³/mol.